The van der Waals surface area contributed by atoms with Crippen molar-refractivity contribution in [1.29, 1.82) is 0 Å². The SMILES string of the molecule is COC1CCCN(S(=O)(=O)c2ccc(CO)cc2)C1. The lowest BCUT2D eigenvalue weighted by Crippen LogP contribution is -2.42. The average molecular weight is 285 g/mol. The first-order chi connectivity index (χ1) is 9.07. The molecule has 0 bridgehead atoms. The summed E-state index contributed by atoms with van der Waals surface area (Å²) in [5.41, 5.74) is 0.701. The first-order valence-corrected chi connectivity index (χ1v) is 7.74. The van der Waals surface area contributed by atoms with E-state index in [9.17, 15) is 8.42 Å². The molecule has 1 atom stereocenters. The molecule has 19 heavy (non-hydrogen) atoms. The van der Waals surface area contributed by atoms with E-state index < -0.39 is 10.0 Å². The Balaban J connectivity index is 2.20. The van der Waals surface area contributed by atoms with Crippen molar-refractivity contribution in [1.82, 2.24) is 4.31 Å². The number of ether oxygens (including phenoxy) is 1. The zero-order valence-corrected chi connectivity index (χ0v) is 11.8. The van der Waals surface area contributed by atoms with Crippen LogP contribution in [0.1, 0.15) is 18.4 Å². The molecular weight excluding hydrogens is 266 g/mol. The molecule has 1 aromatic rings. The van der Waals surface area contributed by atoms with Gasteiger partial charge in [-0.25, -0.2) is 8.42 Å². The van der Waals surface area contributed by atoms with Gasteiger partial charge in [-0.05, 0) is 30.5 Å². The van der Waals surface area contributed by atoms with E-state index in [1.807, 2.05) is 0 Å². The van der Waals surface area contributed by atoms with Crippen molar-refractivity contribution < 1.29 is 18.3 Å². The van der Waals surface area contributed by atoms with E-state index in [-0.39, 0.29) is 17.6 Å². The Labute approximate surface area is 113 Å². The van der Waals surface area contributed by atoms with Gasteiger partial charge in [0.15, 0.2) is 0 Å². The number of rotatable bonds is 4. The highest BCUT2D eigenvalue weighted by Crippen LogP contribution is 2.22. The second-order valence-electron chi connectivity index (χ2n) is 4.67. The molecule has 0 amide bonds. The van der Waals surface area contributed by atoms with E-state index in [2.05, 4.69) is 0 Å². The summed E-state index contributed by atoms with van der Waals surface area (Å²) in [5.74, 6) is 0. The molecular formula is C13H19NO4S. The molecule has 1 N–H and O–H groups in total. The molecule has 0 spiro atoms. The predicted octanol–water partition coefficient (Wildman–Crippen LogP) is 0.978. The van der Waals surface area contributed by atoms with Gasteiger partial charge in [-0.2, -0.15) is 4.31 Å². The third-order valence-corrected chi connectivity index (χ3v) is 5.30. The largest absolute Gasteiger partial charge is 0.392 e. The van der Waals surface area contributed by atoms with E-state index in [4.69, 9.17) is 9.84 Å². The fourth-order valence-corrected chi connectivity index (χ4v) is 3.74. The van der Waals surface area contributed by atoms with Gasteiger partial charge in [-0.1, -0.05) is 12.1 Å². The Kier molecular flexibility index (Phi) is 4.57. The van der Waals surface area contributed by atoms with Gasteiger partial charge in [0.05, 0.1) is 17.6 Å². The predicted molar refractivity (Wildman–Crippen MR) is 71.2 cm³/mol. The molecule has 0 aliphatic carbocycles. The van der Waals surface area contributed by atoms with Crippen LogP contribution in [0.25, 0.3) is 0 Å². The third kappa shape index (κ3) is 3.14. The average Bonchev–Trinajstić information content (AvgIpc) is 2.47. The Morgan fingerprint density at radius 2 is 2.05 bits per heavy atom. The second kappa shape index (κ2) is 6.00. The van der Waals surface area contributed by atoms with Crippen LogP contribution in [0.15, 0.2) is 29.2 Å². The van der Waals surface area contributed by atoms with E-state index in [0.29, 0.717) is 18.7 Å². The van der Waals surface area contributed by atoms with Crippen LogP contribution in [0.4, 0.5) is 0 Å². The van der Waals surface area contributed by atoms with Gasteiger partial charge in [0.2, 0.25) is 10.0 Å². The first kappa shape index (κ1) is 14.5. The standard InChI is InChI=1S/C13H19NO4S/c1-18-12-3-2-8-14(9-12)19(16,17)13-6-4-11(10-15)5-7-13/h4-7,12,15H,2-3,8-10H2,1H3. The molecule has 1 fully saturated rings. The zero-order chi connectivity index (χ0) is 13.9. The van der Waals surface area contributed by atoms with E-state index in [1.165, 1.54) is 16.4 Å². The van der Waals surface area contributed by atoms with Crippen LogP contribution in [0.5, 0.6) is 0 Å². The summed E-state index contributed by atoms with van der Waals surface area (Å²) in [6.07, 6.45) is 1.68. The van der Waals surface area contributed by atoms with Crippen LogP contribution in [-0.4, -0.2) is 44.1 Å². The summed E-state index contributed by atoms with van der Waals surface area (Å²) in [4.78, 5) is 0.265. The summed E-state index contributed by atoms with van der Waals surface area (Å²) in [5, 5.41) is 8.97. The fourth-order valence-electron chi connectivity index (χ4n) is 2.23. The highest BCUT2D eigenvalue weighted by Gasteiger charge is 2.30. The van der Waals surface area contributed by atoms with Crippen molar-refractivity contribution in [2.24, 2.45) is 0 Å². The Hall–Kier alpha value is -0.950. The van der Waals surface area contributed by atoms with Gasteiger partial charge < -0.3 is 9.84 Å². The minimum Gasteiger partial charge on any atom is -0.392 e. The number of methoxy groups -OCH3 is 1. The van der Waals surface area contributed by atoms with Crippen molar-refractivity contribution in [3.05, 3.63) is 29.8 Å². The molecule has 1 aromatic carbocycles. The summed E-state index contributed by atoms with van der Waals surface area (Å²) in [7, 11) is -1.85. The minimum atomic E-state index is -3.46. The lowest BCUT2D eigenvalue weighted by atomic mass is 10.1. The van der Waals surface area contributed by atoms with E-state index >= 15 is 0 Å². The van der Waals surface area contributed by atoms with Crippen molar-refractivity contribution in [2.75, 3.05) is 20.2 Å². The summed E-state index contributed by atoms with van der Waals surface area (Å²) in [6.45, 7) is 0.848. The van der Waals surface area contributed by atoms with Gasteiger partial charge in [-0.3, -0.25) is 0 Å². The number of sulfonamides is 1. The summed E-state index contributed by atoms with van der Waals surface area (Å²) in [6, 6.07) is 6.34. The van der Waals surface area contributed by atoms with Gasteiger partial charge >= 0.3 is 0 Å². The van der Waals surface area contributed by atoms with Gasteiger partial charge in [0.1, 0.15) is 0 Å². The smallest absolute Gasteiger partial charge is 0.243 e. The van der Waals surface area contributed by atoms with Gasteiger partial charge in [-0.15, -0.1) is 0 Å². The molecule has 1 unspecified atom stereocenters. The molecule has 2 rings (SSSR count). The number of hydrogen-bond acceptors (Lipinski definition) is 4. The maximum Gasteiger partial charge on any atom is 0.243 e. The number of hydrogen-bond donors (Lipinski definition) is 1. The maximum atomic E-state index is 12.5. The van der Waals surface area contributed by atoms with E-state index in [1.54, 1.807) is 19.2 Å². The van der Waals surface area contributed by atoms with Crippen LogP contribution < -0.4 is 0 Å². The van der Waals surface area contributed by atoms with Crippen LogP contribution in [-0.2, 0) is 21.4 Å². The molecule has 0 radical (unpaired) electrons. The number of piperidine rings is 1. The van der Waals surface area contributed by atoms with Crippen molar-refractivity contribution in [2.45, 2.75) is 30.4 Å². The number of aliphatic hydroxyl groups is 1. The van der Waals surface area contributed by atoms with Crippen LogP contribution in [0, 0.1) is 0 Å². The van der Waals surface area contributed by atoms with Crippen molar-refractivity contribution >= 4 is 10.0 Å². The Morgan fingerprint density at radius 1 is 1.37 bits per heavy atom. The monoisotopic (exact) mass is 285 g/mol. The molecule has 1 aliphatic rings. The minimum absolute atomic E-state index is 0.0276. The highest BCUT2D eigenvalue weighted by atomic mass is 32.2. The number of nitrogens with zero attached hydrogens (tertiary/aromatic N) is 1. The van der Waals surface area contributed by atoms with Crippen molar-refractivity contribution in [3.8, 4) is 0 Å². The van der Waals surface area contributed by atoms with Crippen LogP contribution in [0.2, 0.25) is 0 Å². The van der Waals surface area contributed by atoms with Gasteiger partial charge in [0.25, 0.3) is 0 Å². The van der Waals surface area contributed by atoms with E-state index in [0.717, 1.165) is 12.8 Å². The lowest BCUT2D eigenvalue weighted by molar-refractivity contribution is 0.0572. The molecule has 0 saturated carbocycles. The molecule has 1 heterocycles. The number of aliphatic hydroxyl groups excluding tert-OH is 1. The quantitative estimate of drug-likeness (QED) is 0.895. The topological polar surface area (TPSA) is 66.8 Å². The van der Waals surface area contributed by atoms with Crippen molar-refractivity contribution in [3.63, 3.8) is 0 Å². The molecule has 1 aliphatic heterocycles. The summed E-state index contributed by atoms with van der Waals surface area (Å²) < 4.78 is 31.6. The Morgan fingerprint density at radius 3 is 2.63 bits per heavy atom. The molecule has 1 saturated heterocycles. The summed E-state index contributed by atoms with van der Waals surface area (Å²) >= 11 is 0. The number of benzene rings is 1. The molecule has 106 valence electrons. The first-order valence-electron chi connectivity index (χ1n) is 6.30. The van der Waals surface area contributed by atoms with Crippen LogP contribution >= 0.6 is 0 Å². The van der Waals surface area contributed by atoms with Gasteiger partial charge in [0, 0.05) is 20.2 Å². The Bertz CT molecular complexity index is 512. The fraction of sp³-hybridized carbons (Fsp3) is 0.538. The molecule has 5 nitrogen and oxygen atoms in total. The van der Waals surface area contributed by atoms with Crippen LogP contribution in [0.3, 0.4) is 0 Å². The third-order valence-electron chi connectivity index (χ3n) is 3.42. The lowest BCUT2D eigenvalue weighted by Gasteiger charge is -2.31. The maximum absolute atomic E-state index is 12.5. The normalized spacial score (nSPS) is 21.5. The zero-order valence-electron chi connectivity index (χ0n) is 10.9. The second-order valence-corrected chi connectivity index (χ2v) is 6.60. The molecule has 6 heteroatoms. The molecule has 0 aromatic heterocycles. The highest BCUT2D eigenvalue weighted by molar-refractivity contribution is 7.89.